The molecule has 2 atom stereocenters. The Labute approximate surface area is 150 Å². The molecule has 2 N–H and O–H groups in total. The largest absolute Gasteiger partial charge is 0.456 e. The number of aromatic nitrogens is 1. The number of nitrogens with one attached hydrogen (secondary N) is 2. The number of carbonyl (C=O) groups excluding carboxylic acids is 1. The van der Waals surface area contributed by atoms with Gasteiger partial charge in [0.2, 0.25) is 0 Å². The van der Waals surface area contributed by atoms with Gasteiger partial charge in [0.25, 0.3) is 0 Å². The Morgan fingerprint density at radius 3 is 2.79 bits per heavy atom. The summed E-state index contributed by atoms with van der Waals surface area (Å²) >= 11 is 3.61. The van der Waals surface area contributed by atoms with Crippen LogP contribution in [0.15, 0.2) is 10.5 Å². The second-order valence-corrected chi connectivity index (χ2v) is 8.87. The van der Waals surface area contributed by atoms with Crippen molar-refractivity contribution < 1.29 is 9.53 Å². The van der Waals surface area contributed by atoms with E-state index in [-0.39, 0.29) is 5.97 Å². The predicted octanol–water partition coefficient (Wildman–Crippen LogP) is 4.54. The molecule has 1 saturated heterocycles. The molecule has 4 rings (SSSR count). The first kappa shape index (κ1) is 16.2. The Hall–Kier alpha value is -1.33. The second-order valence-electron chi connectivity index (χ2n) is 8.02. The van der Waals surface area contributed by atoms with E-state index >= 15 is 0 Å². The first-order chi connectivity index (χ1) is 11.2. The number of ether oxygens (including phenoxy) is 1. The minimum absolute atomic E-state index is 0.263. The number of aryl methyl sites for hydroxylation is 1. The molecule has 2 aliphatic rings. The van der Waals surface area contributed by atoms with Crippen LogP contribution in [0.4, 0.5) is 0 Å². The Bertz CT molecular complexity index is 847. The monoisotopic (exact) mass is 390 g/mol. The average Bonchev–Trinajstić information content (AvgIpc) is 3.00. The molecule has 0 aliphatic carbocycles. The van der Waals surface area contributed by atoms with E-state index < -0.39 is 5.60 Å². The molecule has 0 spiro atoms. The van der Waals surface area contributed by atoms with Crippen LogP contribution in [0.5, 0.6) is 0 Å². The van der Waals surface area contributed by atoms with Crippen molar-refractivity contribution >= 4 is 32.8 Å². The van der Waals surface area contributed by atoms with Gasteiger partial charge < -0.3 is 15.0 Å². The standard InChI is InChI=1S/C19H23BrN2O2/c1-9-7-11(20)14(18(23)24-19(2,3)4)16-15-12-6-5-10(21-12)8-13(15)22-17(9)16/h7,10,12,21-22H,5-6,8H2,1-4H3. The summed E-state index contributed by atoms with van der Waals surface area (Å²) in [5.41, 5.74) is 4.90. The minimum Gasteiger partial charge on any atom is -0.456 e. The maximum atomic E-state index is 12.9. The Morgan fingerprint density at radius 1 is 1.33 bits per heavy atom. The number of fused-ring (bicyclic) bond motifs is 6. The third kappa shape index (κ3) is 2.49. The van der Waals surface area contributed by atoms with Crippen LogP contribution >= 0.6 is 15.9 Å². The molecule has 2 aromatic rings. The molecule has 1 fully saturated rings. The number of esters is 1. The first-order valence-electron chi connectivity index (χ1n) is 8.57. The number of H-pyrrole nitrogens is 1. The number of benzene rings is 1. The summed E-state index contributed by atoms with van der Waals surface area (Å²) in [6.07, 6.45) is 3.33. The van der Waals surface area contributed by atoms with Gasteiger partial charge in [0.15, 0.2) is 0 Å². The average molecular weight is 391 g/mol. The summed E-state index contributed by atoms with van der Waals surface area (Å²) in [5, 5.41) is 4.72. The fourth-order valence-corrected chi connectivity index (χ4v) is 4.81. The predicted molar refractivity (Wildman–Crippen MR) is 98.5 cm³/mol. The summed E-state index contributed by atoms with van der Waals surface area (Å²) in [4.78, 5) is 16.5. The highest BCUT2D eigenvalue weighted by atomic mass is 79.9. The molecule has 0 amide bonds. The molecular weight excluding hydrogens is 368 g/mol. The number of halogens is 1. The number of carbonyl (C=O) groups is 1. The van der Waals surface area contributed by atoms with Crippen molar-refractivity contribution in [3.05, 3.63) is 32.9 Å². The van der Waals surface area contributed by atoms with Crippen molar-refractivity contribution in [2.75, 3.05) is 0 Å². The minimum atomic E-state index is -0.513. The summed E-state index contributed by atoms with van der Waals surface area (Å²) in [6.45, 7) is 7.79. The number of hydrogen-bond acceptors (Lipinski definition) is 3. The van der Waals surface area contributed by atoms with E-state index in [1.54, 1.807) is 0 Å². The maximum Gasteiger partial charge on any atom is 0.340 e. The van der Waals surface area contributed by atoms with Gasteiger partial charge in [-0.2, -0.15) is 0 Å². The third-order valence-corrected chi connectivity index (χ3v) is 5.61. The Kier molecular flexibility index (Phi) is 3.59. The lowest BCUT2D eigenvalue weighted by Crippen LogP contribution is -2.31. The van der Waals surface area contributed by atoms with Gasteiger partial charge in [-0.15, -0.1) is 0 Å². The molecule has 2 unspecified atom stereocenters. The molecule has 1 aromatic carbocycles. The maximum absolute atomic E-state index is 12.9. The van der Waals surface area contributed by atoms with Gasteiger partial charge in [-0.25, -0.2) is 4.79 Å². The van der Waals surface area contributed by atoms with Crippen LogP contribution in [0.2, 0.25) is 0 Å². The lowest BCUT2D eigenvalue weighted by atomic mass is 9.95. The normalized spacial score (nSPS) is 22.7. The van der Waals surface area contributed by atoms with Crippen molar-refractivity contribution in [3.8, 4) is 0 Å². The van der Waals surface area contributed by atoms with Crippen molar-refractivity contribution in [2.24, 2.45) is 0 Å². The molecule has 4 nitrogen and oxygen atoms in total. The third-order valence-electron chi connectivity index (χ3n) is 4.99. The Morgan fingerprint density at radius 2 is 2.08 bits per heavy atom. The molecule has 2 bridgehead atoms. The topological polar surface area (TPSA) is 54.1 Å². The van der Waals surface area contributed by atoms with Crippen LogP contribution in [0, 0.1) is 6.92 Å². The zero-order valence-corrected chi connectivity index (χ0v) is 16.1. The smallest absolute Gasteiger partial charge is 0.340 e. The molecule has 0 radical (unpaired) electrons. The SMILES string of the molecule is Cc1cc(Br)c(C(=O)OC(C)(C)C)c2c3c([nH]c12)CC1CCC3N1. The van der Waals surface area contributed by atoms with Crippen molar-refractivity contribution in [1.29, 1.82) is 0 Å². The van der Waals surface area contributed by atoms with E-state index in [4.69, 9.17) is 4.74 Å². The highest BCUT2D eigenvalue weighted by Crippen LogP contribution is 2.43. The van der Waals surface area contributed by atoms with Crippen LogP contribution in [0.3, 0.4) is 0 Å². The fraction of sp³-hybridized carbons (Fsp3) is 0.526. The quantitative estimate of drug-likeness (QED) is 0.702. The summed E-state index contributed by atoms with van der Waals surface area (Å²) in [6, 6.07) is 2.90. The van der Waals surface area contributed by atoms with Gasteiger partial charge in [-0.05, 0) is 73.7 Å². The van der Waals surface area contributed by atoms with Crippen LogP contribution in [-0.4, -0.2) is 22.6 Å². The van der Waals surface area contributed by atoms with E-state index in [1.807, 2.05) is 26.8 Å². The number of aromatic amines is 1. The van der Waals surface area contributed by atoms with Crippen LogP contribution < -0.4 is 5.32 Å². The van der Waals surface area contributed by atoms with Crippen molar-refractivity contribution in [2.45, 2.75) is 64.6 Å². The van der Waals surface area contributed by atoms with Gasteiger partial charge in [0.1, 0.15) is 5.60 Å². The molecule has 2 aliphatic heterocycles. The van der Waals surface area contributed by atoms with Crippen LogP contribution in [-0.2, 0) is 11.2 Å². The molecular formula is C19H23BrN2O2. The molecule has 5 heteroatoms. The summed E-state index contributed by atoms with van der Waals surface area (Å²) in [5.74, 6) is -0.263. The van der Waals surface area contributed by atoms with Gasteiger partial charge in [-0.3, -0.25) is 0 Å². The lowest BCUT2D eigenvalue weighted by Gasteiger charge is -2.23. The highest BCUT2D eigenvalue weighted by Gasteiger charge is 2.37. The molecule has 24 heavy (non-hydrogen) atoms. The van der Waals surface area contributed by atoms with Crippen molar-refractivity contribution in [3.63, 3.8) is 0 Å². The summed E-state index contributed by atoms with van der Waals surface area (Å²) < 4.78 is 6.50. The molecule has 128 valence electrons. The summed E-state index contributed by atoms with van der Waals surface area (Å²) in [7, 11) is 0. The first-order valence-corrected chi connectivity index (χ1v) is 9.37. The molecule has 1 aromatic heterocycles. The van der Waals surface area contributed by atoms with Crippen LogP contribution in [0.25, 0.3) is 10.9 Å². The van der Waals surface area contributed by atoms with Gasteiger partial charge in [0.05, 0.1) is 5.56 Å². The lowest BCUT2D eigenvalue weighted by molar-refractivity contribution is 0.00708. The van der Waals surface area contributed by atoms with E-state index in [0.29, 0.717) is 17.6 Å². The van der Waals surface area contributed by atoms with Crippen molar-refractivity contribution in [1.82, 2.24) is 10.3 Å². The van der Waals surface area contributed by atoms with Gasteiger partial charge in [0, 0.05) is 39.6 Å². The van der Waals surface area contributed by atoms with E-state index in [0.717, 1.165) is 33.8 Å². The Balaban J connectivity index is 1.96. The van der Waals surface area contributed by atoms with E-state index in [2.05, 4.69) is 33.2 Å². The molecule has 0 saturated carbocycles. The number of hydrogen-bond donors (Lipinski definition) is 2. The van der Waals surface area contributed by atoms with E-state index in [1.165, 1.54) is 17.7 Å². The highest BCUT2D eigenvalue weighted by molar-refractivity contribution is 9.10. The zero-order valence-electron chi connectivity index (χ0n) is 14.5. The fourth-order valence-electron chi connectivity index (χ4n) is 4.10. The number of rotatable bonds is 1. The van der Waals surface area contributed by atoms with Crippen LogP contribution in [0.1, 0.15) is 66.8 Å². The van der Waals surface area contributed by atoms with Gasteiger partial charge in [-0.1, -0.05) is 0 Å². The second kappa shape index (κ2) is 5.33. The zero-order chi connectivity index (χ0) is 17.2. The molecule has 3 heterocycles. The van der Waals surface area contributed by atoms with E-state index in [9.17, 15) is 4.79 Å². The van der Waals surface area contributed by atoms with Gasteiger partial charge >= 0.3 is 5.97 Å².